The van der Waals surface area contributed by atoms with E-state index in [2.05, 4.69) is 0 Å². The summed E-state index contributed by atoms with van der Waals surface area (Å²) in [6.45, 7) is 3.41. The van der Waals surface area contributed by atoms with E-state index in [-0.39, 0.29) is 11.3 Å². The van der Waals surface area contributed by atoms with Crippen LogP contribution in [0.5, 0.6) is 0 Å². The molecule has 0 aliphatic rings. The smallest absolute Gasteiger partial charge is 0.220 e. The maximum atomic E-state index is 11.6. The topological polar surface area (TPSA) is 90.9 Å². The number of hydrogen-bond donors (Lipinski definition) is 0. The van der Waals surface area contributed by atoms with Gasteiger partial charge in [-0.2, -0.15) is 18.9 Å². The van der Waals surface area contributed by atoms with Gasteiger partial charge < -0.3 is 0 Å². The minimum Gasteiger partial charge on any atom is -0.220 e. The van der Waals surface area contributed by atoms with Crippen molar-refractivity contribution in [2.24, 2.45) is 0 Å². The van der Waals surface area contributed by atoms with Gasteiger partial charge in [0.25, 0.3) is 10.1 Å². The first-order valence-corrected chi connectivity index (χ1v) is 9.44. The van der Waals surface area contributed by atoms with E-state index in [0.717, 1.165) is 0 Å². The molecule has 18 heavy (non-hydrogen) atoms. The maximum Gasteiger partial charge on any atom is 0.276 e. The van der Waals surface area contributed by atoms with E-state index in [1.54, 1.807) is 38.5 Å². The van der Waals surface area contributed by atoms with E-state index < -0.39 is 20.4 Å². The Labute approximate surface area is 111 Å². The summed E-state index contributed by atoms with van der Waals surface area (Å²) >= 11 is 0. The summed E-state index contributed by atoms with van der Waals surface area (Å²) in [5, 5.41) is 17.5. The molecule has 0 aromatic carbocycles. The molecule has 0 aromatic heterocycles. The van der Waals surface area contributed by atoms with Gasteiger partial charge in [0.15, 0.2) is 0 Å². The van der Waals surface area contributed by atoms with Crippen molar-refractivity contribution in [2.75, 3.05) is 24.0 Å². The Hall–Kier alpha value is -1.02. The fraction of sp³-hybridized carbons (Fsp3) is 0.636. The van der Waals surface area contributed by atoms with Gasteiger partial charge in [0.05, 0.1) is 5.75 Å². The maximum absolute atomic E-state index is 11.6. The van der Waals surface area contributed by atoms with Crippen molar-refractivity contribution >= 4 is 20.4 Å². The van der Waals surface area contributed by atoms with E-state index in [1.165, 1.54) is 0 Å². The predicted molar refractivity (Wildman–Crippen MR) is 73.4 cm³/mol. The minimum absolute atomic E-state index is 0.0183. The van der Waals surface area contributed by atoms with Crippen molar-refractivity contribution in [1.29, 1.82) is 10.5 Å². The Balaban J connectivity index is 4.96. The molecule has 0 spiro atoms. The number of hydrogen-bond acceptors (Lipinski definition) is 5. The second kappa shape index (κ2) is 6.79. The summed E-state index contributed by atoms with van der Waals surface area (Å²) in [7, 11) is -5.40. The number of allylic oxidation sites excluding steroid dienone is 1. The van der Waals surface area contributed by atoms with Gasteiger partial charge >= 0.3 is 0 Å². The van der Waals surface area contributed by atoms with E-state index in [1.807, 2.05) is 0 Å². The van der Waals surface area contributed by atoms with E-state index >= 15 is 0 Å². The lowest BCUT2D eigenvalue weighted by atomic mass is 10.2. The molecular weight excluding hydrogens is 272 g/mol. The number of nitrogens with zero attached hydrogens (tertiary/aromatic N) is 2. The van der Waals surface area contributed by atoms with Gasteiger partial charge in [-0.25, -0.2) is 3.63 Å². The lowest BCUT2D eigenvalue weighted by molar-refractivity contribution is 0.511. The first kappa shape index (κ1) is 17.0. The third-order valence-electron chi connectivity index (χ3n) is 1.96. The van der Waals surface area contributed by atoms with Crippen molar-refractivity contribution in [2.45, 2.75) is 20.3 Å². The molecule has 5 nitrogen and oxygen atoms in total. The van der Waals surface area contributed by atoms with Crippen LogP contribution in [-0.2, 0) is 13.7 Å². The zero-order valence-electron chi connectivity index (χ0n) is 11.1. The van der Waals surface area contributed by atoms with Crippen LogP contribution in [0, 0.1) is 22.7 Å². The van der Waals surface area contributed by atoms with Crippen LogP contribution >= 0.6 is 10.3 Å². The molecule has 7 heteroatoms. The minimum atomic E-state index is -3.53. The summed E-state index contributed by atoms with van der Waals surface area (Å²) < 4.78 is 28.4. The molecule has 0 bridgehead atoms. The Kier molecular flexibility index (Phi) is 6.41. The number of rotatable bonds is 6. The molecule has 0 atom stereocenters. The number of nitriles is 2. The highest BCUT2D eigenvalue weighted by Crippen LogP contribution is 2.45. The van der Waals surface area contributed by atoms with Gasteiger partial charge in [-0.05, 0) is 31.4 Å². The van der Waals surface area contributed by atoms with E-state index in [9.17, 15) is 8.42 Å². The van der Waals surface area contributed by atoms with Crippen molar-refractivity contribution < 1.29 is 12.0 Å². The third-order valence-corrected chi connectivity index (χ3v) is 6.30. The summed E-state index contributed by atoms with van der Waals surface area (Å²) in [6.07, 6.45) is 3.90. The fourth-order valence-electron chi connectivity index (χ4n) is 1.40. The summed E-state index contributed by atoms with van der Waals surface area (Å²) in [5.41, 5.74) is 0.582. The second-order valence-electron chi connectivity index (χ2n) is 4.29. The summed E-state index contributed by atoms with van der Waals surface area (Å²) in [4.78, 5) is 0. The Morgan fingerprint density at radius 3 is 2.11 bits per heavy atom. The molecule has 0 unspecified atom stereocenters. The Bertz CT molecular complexity index is 491. The molecule has 0 radical (unpaired) electrons. The van der Waals surface area contributed by atoms with Crippen LogP contribution in [0.3, 0.4) is 0 Å². The van der Waals surface area contributed by atoms with Crippen LogP contribution in [0.4, 0.5) is 0 Å². The third kappa shape index (κ3) is 6.06. The van der Waals surface area contributed by atoms with E-state index in [4.69, 9.17) is 14.2 Å². The molecule has 0 saturated heterocycles. The van der Waals surface area contributed by atoms with Crippen LogP contribution < -0.4 is 0 Å². The van der Waals surface area contributed by atoms with Crippen LogP contribution in [0.15, 0.2) is 11.1 Å². The SMILES string of the molecule is CCCS(=O)(=O)OS(C)(C)CC(C)=C(C#N)C#N. The van der Waals surface area contributed by atoms with Crippen LogP contribution in [-0.4, -0.2) is 32.4 Å². The van der Waals surface area contributed by atoms with Crippen LogP contribution in [0.2, 0.25) is 0 Å². The first-order chi connectivity index (χ1) is 8.17. The van der Waals surface area contributed by atoms with Crippen LogP contribution in [0.25, 0.3) is 0 Å². The Morgan fingerprint density at radius 1 is 1.22 bits per heavy atom. The molecule has 0 N–H and O–H groups in total. The monoisotopic (exact) mass is 290 g/mol. The van der Waals surface area contributed by atoms with E-state index in [0.29, 0.717) is 17.7 Å². The van der Waals surface area contributed by atoms with Crippen LogP contribution in [0.1, 0.15) is 20.3 Å². The average molecular weight is 290 g/mol. The summed E-state index contributed by atoms with van der Waals surface area (Å²) in [5.74, 6) is 0.280. The zero-order chi connectivity index (χ0) is 14.4. The Morgan fingerprint density at radius 2 is 1.72 bits per heavy atom. The first-order valence-electron chi connectivity index (χ1n) is 5.32. The lowest BCUT2D eigenvalue weighted by Gasteiger charge is -2.30. The molecule has 0 saturated carbocycles. The standard InChI is InChI=1S/C11H18N2O3S2/c1-5-6-18(14,15)16-17(3,4)9-10(2)11(7-12)8-13/h5-6,9H2,1-4H3. The van der Waals surface area contributed by atoms with Crippen molar-refractivity contribution in [1.82, 2.24) is 0 Å². The van der Waals surface area contributed by atoms with Crippen molar-refractivity contribution in [3.8, 4) is 12.1 Å². The molecule has 0 heterocycles. The molecule has 0 rings (SSSR count). The average Bonchev–Trinajstić information content (AvgIpc) is 2.15. The highest BCUT2D eigenvalue weighted by Gasteiger charge is 2.23. The molecule has 0 aliphatic heterocycles. The normalized spacial score (nSPS) is 12.3. The fourth-order valence-corrected chi connectivity index (χ4v) is 5.80. The van der Waals surface area contributed by atoms with Gasteiger partial charge in [0.1, 0.15) is 17.7 Å². The lowest BCUT2D eigenvalue weighted by Crippen LogP contribution is -2.16. The largest absolute Gasteiger partial charge is 0.276 e. The predicted octanol–water partition coefficient (Wildman–Crippen LogP) is 2.09. The van der Waals surface area contributed by atoms with Crippen molar-refractivity contribution in [3.05, 3.63) is 11.1 Å². The van der Waals surface area contributed by atoms with Gasteiger partial charge in [0.2, 0.25) is 0 Å². The van der Waals surface area contributed by atoms with Gasteiger partial charge in [0, 0.05) is 5.75 Å². The summed E-state index contributed by atoms with van der Waals surface area (Å²) in [6, 6.07) is 3.58. The van der Waals surface area contributed by atoms with Gasteiger partial charge in [-0.15, -0.1) is 10.3 Å². The molecule has 0 aromatic rings. The van der Waals surface area contributed by atoms with Gasteiger partial charge in [-0.1, -0.05) is 6.92 Å². The molecular formula is C11H18N2O3S2. The van der Waals surface area contributed by atoms with Crippen molar-refractivity contribution in [3.63, 3.8) is 0 Å². The highest BCUT2D eigenvalue weighted by molar-refractivity contribution is 8.32. The molecule has 0 amide bonds. The molecule has 102 valence electrons. The van der Waals surface area contributed by atoms with Gasteiger partial charge in [-0.3, -0.25) is 0 Å². The highest BCUT2D eigenvalue weighted by atomic mass is 32.3. The quantitative estimate of drug-likeness (QED) is 0.698. The molecule has 0 fully saturated rings. The zero-order valence-corrected chi connectivity index (χ0v) is 12.7. The second-order valence-corrected chi connectivity index (χ2v) is 9.52. The molecule has 0 aliphatic carbocycles.